The van der Waals surface area contributed by atoms with Gasteiger partial charge in [0.1, 0.15) is 5.92 Å². The van der Waals surface area contributed by atoms with Crippen molar-refractivity contribution in [1.82, 2.24) is 4.90 Å². The molecule has 5 nitrogen and oxygen atoms in total. The summed E-state index contributed by atoms with van der Waals surface area (Å²) in [6.45, 7) is 3.53. The van der Waals surface area contributed by atoms with Crippen molar-refractivity contribution in [2.75, 3.05) is 19.6 Å². The van der Waals surface area contributed by atoms with Crippen LogP contribution >= 0.6 is 0 Å². The second-order valence-electron chi connectivity index (χ2n) is 7.64. The molecular weight excluding hydrogens is 391 g/mol. The number of hydrogen-bond donors (Lipinski definition) is 1. The van der Waals surface area contributed by atoms with Crippen LogP contribution < -0.4 is 0 Å². The molecule has 1 N–H and O–H groups in total. The summed E-state index contributed by atoms with van der Waals surface area (Å²) in [5.41, 5.74) is -3.15. The van der Waals surface area contributed by atoms with E-state index in [1.54, 1.807) is 6.08 Å². The van der Waals surface area contributed by atoms with E-state index in [1.807, 2.05) is 30.0 Å². The number of nitrogens with one attached hydrogen (secondary N) is 1. The fourth-order valence-electron chi connectivity index (χ4n) is 4.74. The van der Waals surface area contributed by atoms with Crippen LogP contribution in [0.5, 0.6) is 0 Å². The van der Waals surface area contributed by atoms with E-state index in [0.29, 0.717) is 25.2 Å². The van der Waals surface area contributed by atoms with Gasteiger partial charge in [-0.15, -0.1) is 0 Å². The van der Waals surface area contributed by atoms with Gasteiger partial charge in [0.2, 0.25) is 0 Å². The minimum atomic E-state index is -4.68. The van der Waals surface area contributed by atoms with Gasteiger partial charge in [0.05, 0.1) is 29.5 Å². The lowest BCUT2D eigenvalue weighted by molar-refractivity contribution is -0.138. The summed E-state index contributed by atoms with van der Waals surface area (Å²) in [6, 6.07) is 10.6. The Morgan fingerprint density at radius 2 is 1.87 bits per heavy atom. The highest BCUT2D eigenvalue weighted by atomic mass is 19.4. The van der Waals surface area contributed by atoms with Crippen molar-refractivity contribution in [3.8, 4) is 18.2 Å². The Balaban J connectivity index is 2.30. The second-order valence-corrected chi connectivity index (χ2v) is 7.64. The van der Waals surface area contributed by atoms with Gasteiger partial charge in [-0.2, -0.15) is 29.0 Å². The third-order valence-corrected chi connectivity index (χ3v) is 6.01. The molecule has 1 aromatic carbocycles. The molecule has 3 rings (SSSR count). The summed E-state index contributed by atoms with van der Waals surface area (Å²) in [5.74, 6) is -2.94. The van der Waals surface area contributed by atoms with Crippen molar-refractivity contribution >= 4 is 5.71 Å². The third-order valence-electron chi connectivity index (χ3n) is 6.01. The first-order chi connectivity index (χ1) is 14.2. The maximum atomic E-state index is 13.8. The molecule has 154 valence electrons. The normalized spacial score (nSPS) is 26.0. The van der Waals surface area contributed by atoms with Crippen LogP contribution in [0.15, 0.2) is 35.9 Å². The molecule has 30 heavy (non-hydrogen) atoms. The Bertz CT molecular complexity index is 991. The molecule has 0 aromatic heterocycles. The van der Waals surface area contributed by atoms with Crippen LogP contribution in [-0.2, 0) is 6.18 Å². The van der Waals surface area contributed by atoms with Crippen LogP contribution in [0.3, 0.4) is 0 Å². The summed E-state index contributed by atoms with van der Waals surface area (Å²) in [6.07, 6.45) is -2.06. The summed E-state index contributed by atoms with van der Waals surface area (Å²) < 4.78 is 41.5. The first kappa shape index (κ1) is 21.6. The average Bonchev–Trinajstić information content (AvgIpc) is 2.73. The number of alkyl halides is 3. The highest BCUT2D eigenvalue weighted by molar-refractivity contribution is 6.00. The van der Waals surface area contributed by atoms with Crippen LogP contribution in [0, 0.1) is 56.7 Å². The van der Waals surface area contributed by atoms with E-state index in [-0.39, 0.29) is 5.56 Å². The van der Waals surface area contributed by atoms with E-state index in [4.69, 9.17) is 5.41 Å². The van der Waals surface area contributed by atoms with Crippen LogP contribution in [0.1, 0.15) is 30.4 Å². The van der Waals surface area contributed by atoms with Gasteiger partial charge < -0.3 is 5.41 Å². The molecule has 1 heterocycles. The summed E-state index contributed by atoms with van der Waals surface area (Å²) in [4.78, 5) is 2.04. The standard InChI is InChI=1S/C22H20F3N5/c1-2-8-30-9-7-14-16(10-26)20(29)21(12-27,13-28)19(17(14)11-30)15-5-3-4-6-18(15)22(23,24)25/h3-7,16-17,19,29H,2,8-9,11H2,1H3/t16?,17-,19-/m0/s1. The number of hydrogen-bond acceptors (Lipinski definition) is 5. The summed E-state index contributed by atoms with van der Waals surface area (Å²) in [5, 5.41) is 38.1. The van der Waals surface area contributed by atoms with Crippen LogP contribution in [-0.4, -0.2) is 30.2 Å². The second kappa shape index (κ2) is 7.94. The molecule has 8 heteroatoms. The Kier molecular flexibility index (Phi) is 5.70. The molecule has 1 saturated carbocycles. The molecule has 0 saturated heterocycles. The Labute approximate surface area is 173 Å². The van der Waals surface area contributed by atoms with E-state index >= 15 is 0 Å². The lowest BCUT2D eigenvalue weighted by Crippen LogP contribution is -2.53. The van der Waals surface area contributed by atoms with Crippen LogP contribution in [0.4, 0.5) is 13.2 Å². The van der Waals surface area contributed by atoms with Gasteiger partial charge in [0, 0.05) is 24.9 Å². The molecule has 1 unspecified atom stereocenters. The number of benzene rings is 1. The van der Waals surface area contributed by atoms with Gasteiger partial charge in [0.15, 0.2) is 5.41 Å². The zero-order valence-electron chi connectivity index (χ0n) is 16.4. The predicted molar refractivity (Wildman–Crippen MR) is 103 cm³/mol. The molecule has 1 aliphatic heterocycles. The number of fused-ring (bicyclic) bond motifs is 1. The largest absolute Gasteiger partial charge is 0.416 e. The van der Waals surface area contributed by atoms with Crippen molar-refractivity contribution in [3.63, 3.8) is 0 Å². The van der Waals surface area contributed by atoms with E-state index < -0.39 is 40.6 Å². The fraction of sp³-hybridized carbons (Fsp3) is 0.455. The molecule has 1 fully saturated rings. The van der Waals surface area contributed by atoms with Crippen molar-refractivity contribution in [2.24, 2.45) is 17.3 Å². The van der Waals surface area contributed by atoms with Gasteiger partial charge >= 0.3 is 6.18 Å². The van der Waals surface area contributed by atoms with E-state index in [2.05, 4.69) is 0 Å². The highest BCUT2D eigenvalue weighted by Crippen LogP contribution is 2.55. The van der Waals surface area contributed by atoms with Gasteiger partial charge in [-0.05, 0) is 30.2 Å². The minimum Gasteiger partial charge on any atom is -0.305 e. The monoisotopic (exact) mass is 411 g/mol. The van der Waals surface area contributed by atoms with Crippen LogP contribution in [0.25, 0.3) is 0 Å². The van der Waals surface area contributed by atoms with Crippen molar-refractivity contribution in [3.05, 3.63) is 47.0 Å². The van der Waals surface area contributed by atoms with E-state index in [0.717, 1.165) is 12.5 Å². The molecule has 0 bridgehead atoms. The first-order valence-electron chi connectivity index (χ1n) is 9.64. The molecule has 2 aliphatic rings. The minimum absolute atomic E-state index is 0.177. The molecule has 1 aromatic rings. The average molecular weight is 411 g/mol. The molecule has 3 atom stereocenters. The molecule has 0 amide bonds. The lowest BCUT2D eigenvalue weighted by atomic mass is 9.54. The highest BCUT2D eigenvalue weighted by Gasteiger charge is 2.59. The summed E-state index contributed by atoms with van der Waals surface area (Å²) >= 11 is 0. The van der Waals surface area contributed by atoms with Gasteiger partial charge in [-0.1, -0.05) is 31.2 Å². The summed E-state index contributed by atoms with van der Waals surface area (Å²) in [7, 11) is 0. The zero-order chi connectivity index (χ0) is 22.1. The lowest BCUT2D eigenvalue weighted by Gasteiger charge is -2.48. The quantitative estimate of drug-likeness (QED) is 0.751. The van der Waals surface area contributed by atoms with E-state index in [9.17, 15) is 29.0 Å². The number of rotatable bonds is 3. The van der Waals surface area contributed by atoms with Crippen LogP contribution in [0.2, 0.25) is 0 Å². The van der Waals surface area contributed by atoms with Crippen molar-refractivity contribution in [1.29, 1.82) is 21.2 Å². The molecule has 0 spiro atoms. The fourth-order valence-corrected chi connectivity index (χ4v) is 4.74. The first-order valence-corrected chi connectivity index (χ1v) is 9.64. The number of nitriles is 3. The molecule has 0 radical (unpaired) electrons. The molecule has 1 aliphatic carbocycles. The SMILES string of the molecule is CCCN1CC=C2C(C#N)C(=N)C(C#N)(C#N)[C@@H](c3ccccc3C(F)(F)F)[C@H]2C1. The Hall–Kier alpha value is -3.15. The number of nitrogens with zero attached hydrogens (tertiary/aromatic N) is 4. The molecular formula is C22H20F3N5. The van der Waals surface area contributed by atoms with Gasteiger partial charge in [-0.3, -0.25) is 4.90 Å². The Morgan fingerprint density at radius 3 is 2.43 bits per heavy atom. The topological polar surface area (TPSA) is 98.5 Å². The Morgan fingerprint density at radius 1 is 1.20 bits per heavy atom. The van der Waals surface area contributed by atoms with Crippen molar-refractivity contribution < 1.29 is 13.2 Å². The van der Waals surface area contributed by atoms with Crippen molar-refractivity contribution in [2.45, 2.75) is 25.4 Å². The third kappa shape index (κ3) is 3.26. The maximum absolute atomic E-state index is 13.8. The number of halogens is 3. The smallest absolute Gasteiger partial charge is 0.305 e. The predicted octanol–water partition coefficient (Wildman–Crippen LogP) is 4.26. The van der Waals surface area contributed by atoms with E-state index in [1.165, 1.54) is 18.2 Å². The van der Waals surface area contributed by atoms with Gasteiger partial charge in [0.25, 0.3) is 0 Å². The zero-order valence-corrected chi connectivity index (χ0v) is 16.4. The maximum Gasteiger partial charge on any atom is 0.416 e. The van der Waals surface area contributed by atoms with Gasteiger partial charge in [-0.25, -0.2) is 0 Å².